The molecule has 0 atom stereocenters. The largest absolute Gasteiger partial charge is 0.464 e. The zero-order valence-electron chi connectivity index (χ0n) is 13.2. The van der Waals surface area contributed by atoms with E-state index in [1.54, 1.807) is 13.0 Å². The Kier molecular flexibility index (Phi) is 5.39. The Hall–Kier alpha value is -1.37. The average molecular weight is 294 g/mol. The Bertz CT molecular complexity index is 478. The number of likely N-dealkylation sites (tertiary alicyclic amines) is 1. The normalized spacial score (nSPS) is 17.4. The van der Waals surface area contributed by atoms with Gasteiger partial charge in [0.05, 0.1) is 12.1 Å². The monoisotopic (exact) mass is 294 g/mol. The number of hydrogen-bond donors (Lipinski definition) is 2. The molecule has 1 aromatic heterocycles. The molecule has 0 aliphatic carbocycles. The second kappa shape index (κ2) is 7.06. The van der Waals surface area contributed by atoms with Crippen molar-refractivity contribution in [2.45, 2.75) is 39.3 Å². The molecule has 0 unspecified atom stereocenters. The van der Waals surface area contributed by atoms with Crippen LogP contribution in [-0.4, -0.2) is 48.4 Å². The van der Waals surface area contributed by atoms with Gasteiger partial charge in [0.15, 0.2) is 0 Å². The quantitative estimate of drug-likeness (QED) is 0.483. The number of amides is 1. The molecule has 2 rings (SSSR count). The first kappa shape index (κ1) is 16.0. The number of hydrazine groups is 1. The number of aryl methyl sites for hydroxylation is 1. The molecule has 118 valence electrons. The lowest BCUT2D eigenvalue weighted by Crippen LogP contribution is -2.42. The minimum Gasteiger partial charge on any atom is -0.464 e. The highest BCUT2D eigenvalue weighted by Gasteiger charge is 2.23. The fourth-order valence-corrected chi connectivity index (χ4v) is 2.98. The number of rotatable bonds is 5. The standard InChI is InChI=1S/C15H26N4O2/c1-4-19-7-5-12(6-8-19)18(3)10-13-9-14(11(2)21-13)15(20)17-16/h9,12H,4-8,10,16H2,1-3H3,(H,17,20). The number of nitrogens with two attached hydrogens (primary N) is 1. The Morgan fingerprint density at radius 1 is 1.52 bits per heavy atom. The predicted octanol–water partition coefficient (Wildman–Crippen LogP) is 1.11. The molecule has 1 aliphatic heterocycles. The maximum absolute atomic E-state index is 11.6. The van der Waals surface area contributed by atoms with Crippen LogP contribution in [0, 0.1) is 6.92 Å². The summed E-state index contributed by atoms with van der Waals surface area (Å²) in [5.41, 5.74) is 2.66. The van der Waals surface area contributed by atoms with Crippen LogP contribution in [0.4, 0.5) is 0 Å². The minimum absolute atomic E-state index is 0.304. The zero-order chi connectivity index (χ0) is 15.4. The lowest BCUT2D eigenvalue weighted by molar-refractivity contribution is 0.0952. The number of hydrogen-bond acceptors (Lipinski definition) is 5. The van der Waals surface area contributed by atoms with Crippen molar-refractivity contribution in [3.8, 4) is 0 Å². The summed E-state index contributed by atoms with van der Waals surface area (Å²) < 4.78 is 5.67. The summed E-state index contributed by atoms with van der Waals surface area (Å²) in [7, 11) is 2.12. The molecule has 1 aromatic rings. The van der Waals surface area contributed by atoms with Gasteiger partial charge >= 0.3 is 0 Å². The van der Waals surface area contributed by atoms with Gasteiger partial charge in [-0.05, 0) is 52.5 Å². The molecule has 1 fully saturated rings. The highest BCUT2D eigenvalue weighted by Crippen LogP contribution is 2.20. The maximum atomic E-state index is 11.6. The van der Waals surface area contributed by atoms with Crippen molar-refractivity contribution in [3.05, 3.63) is 23.2 Å². The van der Waals surface area contributed by atoms with Gasteiger partial charge in [-0.3, -0.25) is 15.1 Å². The van der Waals surface area contributed by atoms with E-state index in [1.807, 2.05) is 0 Å². The van der Waals surface area contributed by atoms with E-state index in [9.17, 15) is 4.79 Å². The maximum Gasteiger partial charge on any atom is 0.268 e. The van der Waals surface area contributed by atoms with Crippen molar-refractivity contribution in [1.82, 2.24) is 15.2 Å². The van der Waals surface area contributed by atoms with Gasteiger partial charge < -0.3 is 9.32 Å². The number of piperidine rings is 1. The highest BCUT2D eigenvalue weighted by molar-refractivity contribution is 5.94. The first-order valence-corrected chi connectivity index (χ1v) is 7.58. The molecule has 21 heavy (non-hydrogen) atoms. The molecule has 0 aromatic carbocycles. The summed E-state index contributed by atoms with van der Waals surface area (Å²) in [4.78, 5) is 16.4. The summed E-state index contributed by atoms with van der Waals surface area (Å²) in [5.74, 6) is 6.29. The molecule has 2 heterocycles. The first-order chi connectivity index (χ1) is 10.0. The van der Waals surface area contributed by atoms with Crippen molar-refractivity contribution in [3.63, 3.8) is 0 Å². The number of nitrogens with one attached hydrogen (secondary N) is 1. The first-order valence-electron chi connectivity index (χ1n) is 7.58. The Morgan fingerprint density at radius 2 is 2.19 bits per heavy atom. The molecule has 1 aliphatic rings. The van der Waals surface area contributed by atoms with Crippen molar-refractivity contribution < 1.29 is 9.21 Å². The fourth-order valence-electron chi connectivity index (χ4n) is 2.98. The zero-order valence-corrected chi connectivity index (χ0v) is 13.2. The molecule has 6 nitrogen and oxygen atoms in total. The van der Waals surface area contributed by atoms with Gasteiger partial charge in [0, 0.05) is 6.04 Å². The second-order valence-electron chi connectivity index (χ2n) is 5.74. The van der Waals surface area contributed by atoms with Crippen LogP contribution in [0.2, 0.25) is 0 Å². The topological polar surface area (TPSA) is 74.7 Å². The van der Waals surface area contributed by atoms with E-state index >= 15 is 0 Å². The number of carbonyl (C=O) groups is 1. The van der Waals surface area contributed by atoms with E-state index < -0.39 is 0 Å². The van der Waals surface area contributed by atoms with Gasteiger partial charge in [0.2, 0.25) is 0 Å². The summed E-state index contributed by atoms with van der Waals surface area (Å²) >= 11 is 0. The van der Waals surface area contributed by atoms with Gasteiger partial charge in [0.25, 0.3) is 5.91 Å². The molecule has 1 amide bonds. The molecular weight excluding hydrogens is 268 g/mol. The molecule has 0 spiro atoms. The van der Waals surface area contributed by atoms with E-state index in [-0.39, 0.29) is 5.91 Å². The third-order valence-corrected chi connectivity index (χ3v) is 4.38. The van der Waals surface area contributed by atoms with Gasteiger partial charge in [-0.1, -0.05) is 6.92 Å². The van der Waals surface area contributed by atoms with Gasteiger partial charge in [-0.15, -0.1) is 0 Å². The summed E-state index contributed by atoms with van der Waals surface area (Å²) in [6.45, 7) is 8.15. The van der Waals surface area contributed by atoms with E-state index in [2.05, 4.69) is 29.2 Å². The number of nitrogens with zero attached hydrogens (tertiary/aromatic N) is 2. The van der Waals surface area contributed by atoms with Gasteiger partial charge in [-0.25, -0.2) is 5.84 Å². The predicted molar refractivity (Wildman–Crippen MR) is 81.7 cm³/mol. The Labute approximate surface area is 126 Å². The minimum atomic E-state index is -0.304. The summed E-state index contributed by atoms with van der Waals surface area (Å²) in [6.07, 6.45) is 2.36. The molecule has 0 saturated carbocycles. The number of carbonyl (C=O) groups excluding carboxylic acids is 1. The number of nitrogen functional groups attached to an aromatic ring is 1. The van der Waals surface area contributed by atoms with E-state index in [4.69, 9.17) is 10.3 Å². The van der Waals surface area contributed by atoms with Crippen LogP contribution in [0.3, 0.4) is 0 Å². The van der Waals surface area contributed by atoms with Crippen molar-refractivity contribution in [1.29, 1.82) is 0 Å². The molecular formula is C15H26N4O2. The van der Waals surface area contributed by atoms with Crippen molar-refractivity contribution >= 4 is 5.91 Å². The fraction of sp³-hybridized carbons (Fsp3) is 0.667. The van der Waals surface area contributed by atoms with Crippen LogP contribution in [-0.2, 0) is 6.54 Å². The van der Waals surface area contributed by atoms with E-state index in [0.717, 1.165) is 31.9 Å². The molecule has 0 radical (unpaired) electrons. The highest BCUT2D eigenvalue weighted by atomic mass is 16.3. The SMILES string of the molecule is CCN1CCC(N(C)Cc2cc(C(=O)NN)c(C)o2)CC1. The third-order valence-electron chi connectivity index (χ3n) is 4.38. The van der Waals surface area contributed by atoms with Gasteiger partial charge in [0.1, 0.15) is 11.5 Å². The Morgan fingerprint density at radius 3 is 2.76 bits per heavy atom. The van der Waals surface area contributed by atoms with Crippen LogP contribution < -0.4 is 11.3 Å². The van der Waals surface area contributed by atoms with Crippen LogP contribution in [0.25, 0.3) is 0 Å². The van der Waals surface area contributed by atoms with Crippen molar-refractivity contribution in [2.24, 2.45) is 5.84 Å². The molecule has 6 heteroatoms. The smallest absolute Gasteiger partial charge is 0.268 e. The van der Waals surface area contributed by atoms with E-state index in [0.29, 0.717) is 17.4 Å². The molecule has 0 bridgehead atoms. The molecule has 1 saturated heterocycles. The summed E-state index contributed by atoms with van der Waals surface area (Å²) in [6, 6.07) is 2.36. The lowest BCUT2D eigenvalue weighted by Gasteiger charge is -2.35. The molecule has 3 N–H and O–H groups in total. The second-order valence-corrected chi connectivity index (χ2v) is 5.74. The van der Waals surface area contributed by atoms with Crippen LogP contribution >= 0.6 is 0 Å². The van der Waals surface area contributed by atoms with Crippen LogP contribution in [0.5, 0.6) is 0 Å². The average Bonchev–Trinajstić information content (AvgIpc) is 2.87. The van der Waals surface area contributed by atoms with E-state index in [1.165, 1.54) is 12.8 Å². The number of furan rings is 1. The summed E-state index contributed by atoms with van der Waals surface area (Å²) in [5, 5.41) is 0. The Balaban J connectivity index is 1.94. The lowest BCUT2D eigenvalue weighted by atomic mass is 10.0. The van der Waals surface area contributed by atoms with Crippen molar-refractivity contribution in [2.75, 3.05) is 26.7 Å². The van der Waals surface area contributed by atoms with Crippen LogP contribution in [0.15, 0.2) is 10.5 Å². The van der Waals surface area contributed by atoms with Gasteiger partial charge in [-0.2, -0.15) is 0 Å². The van der Waals surface area contributed by atoms with Crippen LogP contribution in [0.1, 0.15) is 41.6 Å². The third kappa shape index (κ3) is 3.84.